The fraction of sp³-hybridized carbons (Fsp3) is 0.625. The molecule has 3 heteroatoms. The number of hydrogen-bond acceptors (Lipinski definition) is 3. The van der Waals surface area contributed by atoms with Gasteiger partial charge in [-0.1, -0.05) is 17.7 Å². The second-order valence-corrected chi connectivity index (χ2v) is 5.39. The summed E-state index contributed by atoms with van der Waals surface area (Å²) in [5.41, 5.74) is 2.54. The van der Waals surface area contributed by atoms with Gasteiger partial charge in [-0.15, -0.1) is 0 Å². The van der Waals surface area contributed by atoms with Crippen molar-refractivity contribution in [1.82, 2.24) is 10.2 Å². The van der Waals surface area contributed by atoms with E-state index in [1.165, 1.54) is 50.0 Å². The van der Waals surface area contributed by atoms with Gasteiger partial charge in [0.2, 0.25) is 0 Å². The molecule has 1 fully saturated rings. The molecule has 0 spiro atoms. The van der Waals surface area contributed by atoms with Gasteiger partial charge in [0.05, 0.1) is 7.11 Å². The lowest BCUT2D eigenvalue weighted by Crippen LogP contribution is -2.24. The molecule has 0 aliphatic carbocycles. The third kappa shape index (κ3) is 4.51. The molecule has 19 heavy (non-hydrogen) atoms. The van der Waals surface area contributed by atoms with Gasteiger partial charge >= 0.3 is 0 Å². The molecule has 1 saturated heterocycles. The third-order valence-electron chi connectivity index (χ3n) is 3.78. The van der Waals surface area contributed by atoms with Crippen molar-refractivity contribution in [3.63, 3.8) is 0 Å². The van der Waals surface area contributed by atoms with Gasteiger partial charge in [-0.2, -0.15) is 0 Å². The summed E-state index contributed by atoms with van der Waals surface area (Å²) >= 11 is 0. The molecule has 1 aromatic rings. The van der Waals surface area contributed by atoms with Gasteiger partial charge in [-0.05, 0) is 58.4 Å². The van der Waals surface area contributed by atoms with Crippen molar-refractivity contribution in [1.29, 1.82) is 0 Å². The first-order valence-electron chi connectivity index (χ1n) is 7.36. The minimum Gasteiger partial charge on any atom is -0.496 e. The highest BCUT2D eigenvalue weighted by Gasteiger charge is 2.10. The SMILES string of the molecule is COc1ccc(C)cc1CNCCCN1CCCC1. The number of likely N-dealkylation sites (tertiary alicyclic amines) is 1. The molecule has 1 aliphatic rings. The summed E-state index contributed by atoms with van der Waals surface area (Å²) in [4.78, 5) is 2.56. The zero-order valence-electron chi connectivity index (χ0n) is 12.2. The van der Waals surface area contributed by atoms with Crippen molar-refractivity contribution in [3.8, 4) is 5.75 Å². The monoisotopic (exact) mass is 262 g/mol. The van der Waals surface area contributed by atoms with E-state index in [1.54, 1.807) is 7.11 Å². The maximum Gasteiger partial charge on any atom is 0.123 e. The first-order chi connectivity index (χ1) is 9.29. The van der Waals surface area contributed by atoms with Gasteiger partial charge in [-0.25, -0.2) is 0 Å². The average molecular weight is 262 g/mol. The van der Waals surface area contributed by atoms with Crippen LogP contribution in [0.5, 0.6) is 5.75 Å². The van der Waals surface area contributed by atoms with Crippen molar-refractivity contribution in [2.45, 2.75) is 32.7 Å². The van der Waals surface area contributed by atoms with Crippen LogP contribution in [0.4, 0.5) is 0 Å². The number of nitrogens with zero attached hydrogens (tertiary/aromatic N) is 1. The number of ether oxygens (including phenoxy) is 1. The van der Waals surface area contributed by atoms with Crippen LogP contribution in [-0.4, -0.2) is 38.2 Å². The summed E-state index contributed by atoms with van der Waals surface area (Å²) < 4.78 is 5.39. The van der Waals surface area contributed by atoms with Gasteiger partial charge in [0, 0.05) is 12.1 Å². The van der Waals surface area contributed by atoms with Gasteiger partial charge in [0.15, 0.2) is 0 Å². The standard InChI is InChI=1S/C16H26N2O/c1-14-6-7-16(19-2)15(12-14)13-17-8-5-11-18-9-3-4-10-18/h6-7,12,17H,3-5,8-11,13H2,1-2H3. The van der Waals surface area contributed by atoms with Gasteiger partial charge in [0.1, 0.15) is 5.75 Å². The lowest BCUT2D eigenvalue weighted by Gasteiger charge is -2.15. The molecule has 1 heterocycles. The molecule has 0 unspecified atom stereocenters. The van der Waals surface area contributed by atoms with Crippen molar-refractivity contribution in [3.05, 3.63) is 29.3 Å². The van der Waals surface area contributed by atoms with Crippen LogP contribution in [0, 0.1) is 6.92 Å². The van der Waals surface area contributed by atoms with Gasteiger partial charge in [0.25, 0.3) is 0 Å². The second kappa shape index (κ2) is 7.51. The van der Waals surface area contributed by atoms with E-state index in [9.17, 15) is 0 Å². The molecule has 1 aliphatic heterocycles. The number of nitrogens with one attached hydrogen (secondary N) is 1. The topological polar surface area (TPSA) is 24.5 Å². The van der Waals surface area contributed by atoms with Crippen molar-refractivity contribution >= 4 is 0 Å². The maximum absolute atomic E-state index is 5.39. The molecule has 0 saturated carbocycles. The molecule has 0 aromatic heterocycles. The normalized spacial score (nSPS) is 15.9. The zero-order chi connectivity index (χ0) is 13.5. The highest BCUT2D eigenvalue weighted by molar-refractivity contribution is 5.36. The van der Waals surface area contributed by atoms with Gasteiger partial charge < -0.3 is 15.0 Å². The van der Waals surface area contributed by atoms with Crippen LogP contribution in [0.2, 0.25) is 0 Å². The summed E-state index contributed by atoms with van der Waals surface area (Å²) in [6.45, 7) is 7.92. The number of methoxy groups -OCH3 is 1. The Balaban J connectivity index is 1.68. The maximum atomic E-state index is 5.39. The Hall–Kier alpha value is -1.06. The number of rotatable bonds is 7. The third-order valence-corrected chi connectivity index (χ3v) is 3.78. The van der Waals surface area contributed by atoms with E-state index in [2.05, 4.69) is 35.3 Å². The van der Waals surface area contributed by atoms with Crippen LogP contribution in [-0.2, 0) is 6.54 Å². The Bertz CT molecular complexity index is 386. The van der Waals surface area contributed by atoms with Crippen LogP contribution in [0.3, 0.4) is 0 Å². The summed E-state index contributed by atoms with van der Waals surface area (Å²) in [6.07, 6.45) is 4.00. The molecule has 0 radical (unpaired) electrons. The van der Waals surface area contributed by atoms with E-state index in [4.69, 9.17) is 4.74 Å². The number of hydrogen-bond donors (Lipinski definition) is 1. The predicted octanol–water partition coefficient (Wildman–Crippen LogP) is 2.58. The quantitative estimate of drug-likeness (QED) is 0.764. The molecular weight excluding hydrogens is 236 g/mol. The first kappa shape index (κ1) is 14.4. The van der Waals surface area contributed by atoms with Crippen LogP contribution >= 0.6 is 0 Å². The largest absolute Gasteiger partial charge is 0.496 e. The number of benzene rings is 1. The Morgan fingerprint density at radius 2 is 2.05 bits per heavy atom. The van der Waals surface area contributed by atoms with Gasteiger partial charge in [-0.3, -0.25) is 0 Å². The molecule has 1 aromatic carbocycles. The van der Waals surface area contributed by atoms with Crippen molar-refractivity contribution in [2.75, 3.05) is 33.3 Å². The van der Waals surface area contributed by atoms with E-state index in [0.29, 0.717) is 0 Å². The van der Waals surface area contributed by atoms with Crippen LogP contribution < -0.4 is 10.1 Å². The molecule has 0 amide bonds. The first-order valence-corrected chi connectivity index (χ1v) is 7.36. The van der Waals surface area contributed by atoms with E-state index < -0.39 is 0 Å². The Morgan fingerprint density at radius 1 is 1.26 bits per heavy atom. The van der Waals surface area contributed by atoms with E-state index in [1.807, 2.05) is 0 Å². The van der Waals surface area contributed by atoms with E-state index in [0.717, 1.165) is 18.8 Å². The molecule has 0 bridgehead atoms. The Morgan fingerprint density at radius 3 is 2.79 bits per heavy atom. The fourth-order valence-electron chi connectivity index (χ4n) is 2.70. The zero-order valence-corrected chi connectivity index (χ0v) is 12.2. The van der Waals surface area contributed by atoms with E-state index >= 15 is 0 Å². The predicted molar refractivity (Wildman–Crippen MR) is 79.7 cm³/mol. The van der Waals surface area contributed by atoms with Crippen LogP contribution in [0.15, 0.2) is 18.2 Å². The average Bonchev–Trinajstić information content (AvgIpc) is 2.92. The smallest absolute Gasteiger partial charge is 0.123 e. The summed E-state index contributed by atoms with van der Waals surface area (Å²) in [5, 5.41) is 3.52. The molecule has 0 atom stereocenters. The van der Waals surface area contributed by atoms with Crippen molar-refractivity contribution in [2.24, 2.45) is 0 Å². The highest BCUT2D eigenvalue weighted by Crippen LogP contribution is 2.19. The molecule has 1 N–H and O–H groups in total. The Labute approximate surface area is 116 Å². The Kier molecular flexibility index (Phi) is 5.67. The lowest BCUT2D eigenvalue weighted by atomic mass is 10.1. The van der Waals surface area contributed by atoms with E-state index in [-0.39, 0.29) is 0 Å². The molecule has 2 rings (SSSR count). The summed E-state index contributed by atoms with van der Waals surface area (Å²) in [7, 11) is 1.74. The lowest BCUT2D eigenvalue weighted by molar-refractivity contribution is 0.330. The minimum atomic E-state index is 0.894. The minimum absolute atomic E-state index is 0.894. The number of aryl methyl sites for hydroxylation is 1. The van der Waals surface area contributed by atoms with Crippen LogP contribution in [0.25, 0.3) is 0 Å². The molecular formula is C16H26N2O. The second-order valence-electron chi connectivity index (χ2n) is 5.39. The summed E-state index contributed by atoms with van der Waals surface area (Å²) in [5.74, 6) is 0.984. The summed E-state index contributed by atoms with van der Waals surface area (Å²) in [6, 6.07) is 6.35. The molecule has 106 valence electrons. The van der Waals surface area contributed by atoms with Crippen LogP contribution in [0.1, 0.15) is 30.4 Å². The van der Waals surface area contributed by atoms with Crippen molar-refractivity contribution < 1.29 is 4.74 Å². The highest BCUT2D eigenvalue weighted by atomic mass is 16.5. The molecule has 3 nitrogen and oxygen atoms in total. The fourth-order valence-corrected chi connectivity index (χ4v) is 2.70.